The molecule has 3 rings (SSSR count). The Balaban J connectivity index is 1.88. The molecule has 1 fully saturated rings. The maximum atomic E-state index is 13.1. The van der Waals surface area contributed by atoms with E-state index in [0.29, 0.717) is 5.56 Å². The Hall–Kier alpha value is -2.74. The van der Waals surface area contributed by atoms with Gasteiger partial charge in [-0.15, -0.1) is 0 Å². The molecule has 1 saturated heterocycles. The van der Waals surface area contributed by atoms with Crippen LogP contribution in [0.15, 0.2) is 30.3 Å². The molecule has 138 valence electrons. The van der Waals surface area contributed by atoms with Gasteiger partial charge in [0.1, 0.15) is 16.9 Å². The fourth-order valence-corrected chi connectivity index (χ4v) is 3.37. The van der Waals surface area contributed by atoms with Gasteiger partial charge in [-0.2, -0.15) is 5.10 Å². The molecular weight excluding hydrogens is 341 g/mol. The summed E-state index contributed by atoms with van der Waals surface area (Å²) in [5, 5.41) is 26.9. The minimum absolute atomic E-state index is 0.00679. The number of carbonyl (C=O) groups is 2. The number of aromatic amines is 1. The Morgan fingerprint density at radius 3 is 2.65 bits per heavy atom. The zero-order chi connectivity index (χ0) is 18.9. The molecule has 1 amide bonds. The van der Waals surface area contributed by atoms with Crippen molar-refractivity contribution in [2.45, 2.75) is 25.9 Å². The van der Waals surface area contributed by atoms with Crippen molar-refractivity contribution in [1.29, 1.82) is 0 Å². The third-order valence-corrected chi connectivity index (χ3v) is 4.85. The Kier molecular flexibility index (Phi) is 4.78. The number of aliphatic hydroxyl groups is 1. The van der Waals surface area contributed by atoms with Gasteiger partial charge < -0.3 is 15.1 Å². The maximum absolute atomic E-state index is 13.1. The van der Waals surface area contributed by atoms with Crippen LogP contribution in [0.25, 0.3) is 0 Å². The fraction of sp³-hybridized carbons (Fsp3) is 0.389. The highest BCUT2D eigenvalue weighted by molar-refractivity contribution is 5.93. The first-order valence-corrected chi connectivity index (χ1v) is 8.29. The van der Waals surface area contributed by atoms with E-state index in [-0.39, 0.29) is 37.5 Å². The van der Waals surface area contributed by atoms with E-state index in [1.165, 1.54) is 29.2 Å². The second kappa shape index (κ2) is 6.87. The summed E-state index contributed by atoms with van der Waals surface area (Å²) >= 11 is 0. The molecule has 2 aromatic rings. The summed E-state index contributed by atoms with van der Waals surface area (Å²) in [5.74, 6) is -2.00. The van der Waals surface area contributed by atoms with Crippen LogP contribution >= 0.6 is 0 Å². The lowest BCUT2D eigenvalue weighted by Gasteiger charge is -2.43. The number of aryl methyl sites for hydroxylation is 1. The van der Waals surface area contributed by atoms with E-state index in [1.54, 1.807) is 13.0 Å². The smallest absolute Gasteiger partial charge is 0.314 e. The Morgan fingerprint density at radius 2 is 2.08 bits per heavy atom. The lowest BCUT2D eigenvalue weighted by molar-refractivity contribution is -0.161. The van der Waals surface area contributed by atoms with E-state index in [9.17, 15) is 24.2 Å². The van der Waals surface area contributed by atoms with Crippen LogP contribution in [-0.2, 0) is 11.2 Å². The molecule has 1 aromatic heterocycles. The molecule has 0 saturated carbocycles. The molecular formula is C18H20FN3O4. The molecule has 0 aliphatic carbocycles. The average molecular weight is 361 g/mol. The Labute approximate surface area is 149 Å². The van der Waals surface area contributed by atoms with Gasteiger partial charge in [0.15, 0.2) is 0 Å². The van der Waals surface area contributed by atoms with E-state index >= 15 is 0 Å². The number of amides is 1. The van der Waals surface area contributed by atoms with Gasteiger partial charge in [-0.1, -0.05) is 12.1 Å². The minimum atomic E-state index is -1.56. The molecule has 26 heavy (non-hydrogen) atoms. The van der Waals surface area contributed by atoms with E-state index in [4.69, 9.17) is 0 Å². The highest BCUT2D eigenvalue weighted by Gasteiger charge is 2.50. The quantitative estimate of drug-likeness (QED) is 0.763. The van der Waals surface area contributed by atoms with Crippen molar-refractivity contribution in [3.05, 3.63) is 53.1 Å². The molecule has 2 heterocycles. The SMILES string of the molecule is Cc1cc(C(=O)N2CC[C@@H](O)[C@](Cc3ccc(F)cc3)(C(=O)O)C2)n[nH]1. The van der Waals surface area contributed by atoms with Crippen LogP contribution in [-0.4, -0.2) is 56.4 Å². The van der Waals surface area contributed by atoms with Gasteiger partial charge in [0.05, 0.1) is 6.10 Å². The third-order valence-electron chi connectivity index (χ3n) is 4.85. The number of halogens is 1. The van der Waals surface area contributed by atoms with Crippen LogP contribution in [0.3, 0.4) is 0 Å². The largest absolute Gasteiger partial charge is 0.481 e. The van der Waals surface area contributed by atoms with Crippen LogP contribution in [0.1, 0.15) is 28.2 Å². The van der Waals surface area contributed by atoms with Gasteiger partial charge in [0.2, 0.25) is 0 Å². The zero-order valence-corrected chi connectivity index (χ0v) is 14.3. The number of benzene rings is 1. The van der Waals surface area contributed by atoms with Gasteiger partial charge in [-0.25, -0.2) is 4.39 Å². The van der Waals surface area contributed by atoms with Crippen molar-refractivity contribution in [2.75, 3.05) is 13.1 Å². The highest BCUT2D eigenvalue weighted by atomic mass is 19.1. The van der Waals surface area contributed by atoms with Gasteiger partial charge in [0, 0.05) is 18.8 Å². The summed E-state index contributed by atoms with van der Waals surface area (Å²) in [4.78, 5) is 26.1. The molecule has 0 radical (unpaired) electrons. The van der Waals surface area contributed by atoms with Gasteiger partial charge in [-0.3, -0.25) is 14.7 Å². The first kappa shape index (κ1) is 18.1. The fourth-order valence-electron chi connectivity index (χ4n) is 3.37. The summed E-state index contributed by atoms with van der Waals surface area (Å²) in [6.07, 6.45) is -0.981. The predicted octanol–water partition coefficient (Wildman–Crippen LogP) is 1.38. The lowest BCUT2D eigenvalue weighted by Crippen LogP contribution is -2.58. The third kappa shape index (κ3) is 3.32. The highest BCUT2D eigenvalue weighted by Crippen LogP contribution is 2.35. The normalized spacial score (nSPS) is 23.0. The number of carbonyl (C=O) groups excluding carboxylic acids is 1. The summed E-state index contributed by atoms with van der Waals surface area (Å²) in [7, 11) is 0. The summed E-state index contributed by atoms with van der Waals surface area (Å²) in [6, 6.07) is 7.07. The molecule has 0 unspecified atom stereocenters. The molecule has 1 aliphatic rings. The number of nitrogens with zero attached hydrogens (tertiary/aromatic N) is 2. The number of hydrogen-bond acceptors (Lipinski definition) is 4. The number of aliphatic hydroxyl groups excluding tert-OH is 1. The van der Waals surface area contributed by atoms with Gasteiger partial charge >= 0.3 is 5.97 Å². The second-order valence-corrected chi connectivity index (χ2v) is 6.73. The monoisotopic (exact) mass is 361 g/mol. The molecule has 7 nitrogen and oxygen atoms in total. The molecule has 0 spiro atoms. The van der Waals surface area contributed by atoms with E-state index < -0.39 is 23.3 Å². The van der Waals surface area contributed by atoms with Crippen LogP contribution in [0.5, 0.6) is 0 Å². The number of likely N-dealkylation sites (tertiary alicyclic amines) is 1. The molecule has 2 atom stereocenters. The number of carboxylic acids is 1. The van der Waals surface area contributed by atoms with Crippen LogP contribution in [0, 0.1) is 18.2 Å². The maximum Gasteiger partial charge on any atom is 0.314 e. The minimum Gasteiger partial charge on any atom is -0.481 e. The number of aromatic nitrogens is 2. The van der Waals surface area contributed by atoms with Crippen molar-refractivity contribution in [3.63, 3.8) is 0 Å². The van der Waals surface area contributed by atoms with Crippen molar-refractivity contribution >= 4 is 11.9 Å². The van der Waals surface area contributed by atoms with Crippen LogP contribution < -0.4 is 0 Å². The van der Waals surface area contributed by atoms with Gasteiger partial charge in [0.25, 0.3) is 5.91 Å². The number of hydrogen-bond donors (Lipinski definition) is 3. The number of aliphatic carboxylic acids is 1. The first-order chi connectivity index (χ1) is 12.3. The second-order valence-electron chi connectivity index (χ2n) is 6.73. The topological polar surface area (TPSA) is 107 Å². The van der Waals surface area contributed by atoms with Crippen LogP contribution in [0.4, 0.5) is 4.39 Å². The van der Waals surface area contributed by atoms with Crippen molar-refractivity contribution < 1.29 is 24.2 Å². The van der Waals surface area contributed by atoms with E-state index in [0.717, 1.165) is 5.69 Å². The summed E-state index contributed by atoms with van der Waals surface area (Å²) < 4.78 is 13.1. The van der Waals surface area contributed by atoms with Crippen molar-refractivity contribution in [1.82, 2.24) is 15.1 Å². The van der Waals surface area contributed by atoms with Crippen molar-refractivity contribution in [3.8, 4) is 0 Å². The number of piperidine rings is 1. The van der Waals surface area contributed by atoms with Crippen molar-refractivity contribution in [2.24, 2.45) is 5.41 Å². The number of carboxylic acid groups (broad SMARTS) is 1. The van der Waals surface area contributed by atoms with E-state index in [1.807, 2.05) is 0 Å². The Morgan fingerprint density at radius 1 is 1.38 bits per heavy atom. The average Bonchev–Trinajstić information content (AvgIpc) is 3.04. The standard InChI is InChI=1S/C18H20FN3O4/c1-11-8-14(21-20-11)16(24)22-7-6-15(23)18(10-22,17(25)26)9-12-2-4-13(19)5-3-12/h2-5,8,15,23H,6-7,9-10H2,1H3,(H,20,21)(H,25,26)/t15-,18-/m1/s1. The van der Waals surface area contributed by atoms with Gasteiger partial charge in [-0.05, 0) is 43.5 Å². The molecule has 1 aliphatic heterocycles. The molecule has 8 heteroatoms. The zero-order valence-electron chi connectivity index (χ0n) is 14.3. The molecule has 0 bridgehead atoms. The first-order valence-electron chi connectivity index (χ1n) is 8.29. The Bertz CT molecular complexity index is 820. The lowest BCUT2D eigenvalue weighted by atomic mass is 9.72. The summed E-state index contributed by atoms with van der Waals surface area (Å²) in [6.45, 7) is 1.86. The molecule has 1 aromatic carbocycles. The number of rotatable bonds is 4. The van der Waals surface area contributed by atoms with Crippen LogP contribution in [0.2, 0.25) is 0 Å². The number of nitrogens with one attached hydrogen (secondary N) is 1. The van der Waals surface area contributed by atoms with E-state index in [2.05, 4.69) is 10.2 Å². The molecule has 3 N–H and O–H groups in total. The number of H-pyrrole nitrogens is 1. The predicted molar refractivity (Wildman–Crippen MR) is 90.0 cm³/mol. The summed E-state index contributed by atoms with van der Waals surface area (Å²) in [5.41, 5.74) is -0.0455.